The third kappa shape index (κ3) is 5.62. The zero-order valence-electron chi connectivity index (χ0n) is 20.1. The van der Waals surface area contributed by atoms with Gasteiger partial charge in [0.2, 0.25) is 11.8 Å². The molecule has 37 heavy (non-hydrogen) atoms. The summed E-state index contributed by atoms with van der Waals surface area (Å²) in [5.41, 5.74) is 10.0. The lowest BCUT2D eigenvalue weighted by Crippen LogP contribution is -2.47. The Hall–Kier alpha value is -2.65. The Morgan fingerprint density at radius 1 is 0.757 bits per heavy atom. The topological polar surface area (TPSA) is 162 Å². The van der Waals surface area contributed by atoms with Gasteiger partial charge in [-0.3, -0.25) is 18.7 Å². The Morgan fingerprint density at radius 2 is 1.14 bits per heavy atom. The Labute approximate surface area is 224 Å². The number of amides is 2. The predicted octanol–water partition coefficient (Wildman–Crippen LogP) is 0.430. The fourth-order valence-corrected chi connectivity index (χ4v) is 11.7. The highest BCUT2D eigenvalue weighted by Crippen LogP contribution is 2.70. The molecule has 4 N–H and O–H groups in total. The van der Waals surface area contributed by atoms with Gasteiger partial charge in [-0.2, -0.15) is 9.97 Å². The van der Waals surface area contributed by atoms with Crippen LogP contribution in [0.25, 0.3) is 0 Å². The van der Waals surface area contributed by atoms with E-state index in [-0.39, 0.29) is 44.7 Å². The summed E-state index contributed by atoms with van der Waals surface area (Å²) in [6, 6.07) is 3.02. The minimum atomic E-state index is -0.524. The number of carbonyl (C=O) groups is 2. The summed E-state index contributed by atoms with van der Waals surface area (Å²) < 4.78 is 2.64. The molecule has 0 aromatic carbocycles. The third-order valence-corrected chi connectivity index (χ3v) is 13.7. The van der Waals surface area contributed by atoms with Crippen LogP contribution in [0.5, 0.6) is 0 Å². The van der Waals surface area contributed by atoms with Gasteiger partial charge in [0.1, 0.15) is 24.7 Å². The van der Waals surface area contributed by atoms with Crippen LogP contribution in [0.4, 0.5) is 11.6 Å². The lowest BCUT2D eigenvalue weighted by molar-refractivity contribution is -0.133. The molecule has 0 saturated carbocycles. The van der Waals surface area contributed by atoms with Gasteiger partial charge < -0.3 is 21.3 Å². The van der Waals surface area contributed by atoms with Gasteiger partial charge in [-0.05, 0) is 37.8 Å². The number of rotatable bonds is 4. The summed E-state index contributed by atoms with van der Waals surface area (Å²) in [4.78, 5) is 60.5. The first-order chi connectivity index (χ1) is 17.7. The fraction of sp³-hybridized carbons (Fsp3) is 0.545. The summed E-state index contributed by atoms with van der Waals surface area (Å²) in [7, 11) is 3.80. The number of likely N-dealkylation sites (tertiary alicyclic amines) is 2. The van der Waals surface area contributed by atoms with Crippen LogP contribution in [0.3, 0.4) is 0 Å². The highest BCUT2D eigenvalue weighted by Gasteiger charge is 2.53. The molecule has 3 aliphatic heterocycles. The standard InChI is InChI=1S/C22H28N8O4S3/c23-15-1-7-29(19(33)25-15)13-17(31)27-9-3-21(4-10-27)35-22(37-36-21)5-11-28(12-6-22)18(32)14-30-8-2-16(24)26-20(30)34/h1-2,7-8H,3-6,9-14H2,(H2,23,25,33)(H2,24,26,34). The summed E-state index contributed by atoms with van der Waals surface area (Å²) in [6.45, 7) is 2.48. The second-order valence-corrected chi connectivity index (χ2v) is 14.6. The Morgan fingerprint density at radius 3 is 1.49 bits per heavy atom. The Bertz CT molecular complexity index is 1220. The number of nitrogen functional groups attached to an aromatic ring is 2. The Kier molecular flexibility index (Phi) is 7.20. The molecule has 5 heterocycles. The van der Waals surface area contributed by atoms with E-state index in [4.69, 9.17) is 11.5 Å². The molecule has 0 atom stereocenters. The van der Waals surface area contributed by atoms with Gasteiger partial charge in [0, 0.05) is 38.6 Å². The van der Waals surface area contributed by atoms with Crippen LogP contribution in [-0.2, 0) is 22.7 Å². The zero-order valence-corrected chi connectivity index (χ0v) is 22.5. The minimum absolute atomic E-state index is 0.0379. The Balaban J connectivity index is 1.12. The average Bonchev–Trinajstić information content (AvgIpc) is 3.20. The van der Waals surface area contributed by atoms with Crippen molar-refractivity contribution in [2.75, 3.05) is 37.6 Å². The van der Waals surface area contributed by atoms with Crippen molar-refractivity contribution in [3.63, 3.8) is 0 Å². The first-order valence-electron chi connectivity index (χ1n) is 11.9. The van der Waals surface area contributed by atoms with E-state index in [1.54, 1.807) is 0 Å². The molecule has 3 fully saturated rings. The number of hydrogen-bond acceptors (Lipinski definition) is 11. The van der Waals surface area contributed by atoms with Crippen LogP contribution in [0.2, 0.25) is 0 Å². The van der Waals surface area contributed by atoms with Crippen molar-refractivity contribution in [2.45, 2.75) is 46.9 Å². The van der Waals surface area contributed by atoms with Gasteiger partial charge in [0.15, 0.2) is 0 Å². The SMILES string of the molecule is Nc1ccn(CC(=O)N2CCC3(CC2)SSC2(CCN(C(=O)Cn4ccc(N)nc4=O)CC2)S3)c(=O)n1. The molecular weight excluding hydrogens is 536 g/mol. The van der Waals surface area contributed by atoms with Gasteiger partial charge in [-0.1, -0.05) is 21.6 Å². The molecule has 3 aliphatic rings. The average molecular weight is 565 g/mol. The number of thioether (sulfide) groups is 1. The van der Waals surface area contributed by atoms with Crippen LogP contribution in [-0.4, -0.2) is 75.1 Å². The van der Waals surface area contributed by atoms with Crippen LogP contribution in [0, 0.1) is 0 Å². The molecule has 5 rings (SSSR count). The van der Waals surface area contributed by atoms with Crippen molar-refractivity contribution in [3.05, 3.63) is 45.5 Å². The van der Waals surface area contributed by atoms with Crippen molar-refractivity contribution < 1.29 is 9.59 Å². The van der Waals surface area contributed by atoms with E-state index in [2.05, 4.69) is 9.97 Å². The molecule has 0 aliphatic carbocycles. The largest absolute Gasteiger partial charge is 0.383 e. The van der Waals surface area contributed by atoms with Crippen molar-refractivity contribution in [1.82, 2.24) is 28.9 Å². The minimum Gasteiger partial charge on any atom is -0.383 e. The van der Waals surface area contributed by atoms with E-state index in [1.807, 2.05) is 43.1 Å². The van der Waals surface area contributed by atoms with Crippen LogP contribution >= 0.6 is 33.3 Å². The quantitative estimate of drug-likeness (QED) is 0.495. The second kappa shape index (κ2) is 10.3. The van der Waals surface area contributed by atoms with Crippen LogP contribution < -0.4 is 22.8 Å². The molecule has 2 spiro atoms. The fourth-order valence-electron chi connectivity index (χ4n) is 4.71. The molecule has 0 bridgehead atoms. The van der Waals surface area contributed by atoms with Crippen molar-refractivity contribution in [2.24, 2.45) is 0 Å². The molecule has 2 amide bonds. The third-order valence-electron chi connectivity index (χ3n) is 6.88. The van der Waals surface area contributed by atoms with E-state index in [9.17, 15) is 19.2 Å². The van der Waals surface area contributed by atoms with Gasteiger partial charge in [0.25, 0.3) is 0 Å². The van der Waals surface area contributed by atoms with E-state index >= 15 is 0 Å². The first-order valence-corrected chi connectivity index (χ1v) is 14.9. The van der Waals surface area contributed by atoms with Crippen LogP contribution in [0.15, 0.2) is 34.1 Å². The van der Waals surface area contributed by atoms with Gasteiger partial charge in [-0.25, -0.2) is 9.59 Å². The molecule has 2 aromatic heterocycles. The monoisotopic (exact) mass is 564 g/mol. The number of nitrogens with two attached hydrogens (primary N) is 2. The normalized spacial score (nSPS) is 20.4. The zero-order chi connectivity index (χ0) is 26.2. The molecule has 3 saturated heterocycles. The van der Waals surface area contributed by atoms with Gasteiger partial charge in [0.05, 0.1) is 8.16 Å². The highest BCUT2D eigenvalue weighted by atomic mass is 33.1. The number of hydrogen-bond donors (Lipinski definition) is 2. The summed E-state index contributed by atoms with van der Waals surface area (Å²) in [6.07, 6.45) is 6.47. The maximum absolute atomic E-state index is 12.8. The number of anilines is 2. The molecule has 2 aromatic rings. The molecule has 0 radical (unpaired) electrons. The summed E-state index contributed by atoms with van der Waals surface area (Å²) in [5.74, 6) is 0.0856. The molecule has 12 nitrogen and oxygen atoms in total. The lowest BCUT2D eigenvalue weighted by atomic mass is 10.1. The van der Waals surface area contributed by atoms with E-state index in [1.165, 1.54) is 33.7 Å². The van der Waals surface area contributed by atoms with Gasteiger partial charge in [-0.15, -0.1) is 11.8 Å². The molecule has 15 heteroatoms. The number of piperidine rings is 2. The lowest BCUT2D eigenvalue weighted by Gasteiger charge is -2.41. The number of carbonyl (C=O) groups excluding carboxylic acids is 2. The summed E-state index contributed by atoms with van der Waals surface area (Å²) in [5, 5.41) is 0. The maximum atomic E-state index is 12.8. The summed E-state index contributed by atoms with van der Waals surface area (Å²) >= 11 is 1.99. The van der Waals surface area contributed by atoms with Crippen molar-refractivity contribution in [1.29, 1.82) is 0 Å². The predicted molar refractivity (Wildman–Crippen MR) is 146 cm³/mol. The molecular formula is C22H28N8O4S3. The highest BCUT2D eigenvalue weighted by molar-refractivity contribution is 8.83. The number of nitrogens with zero attached hydrogens (tertiary/aromatic N) is 6. The second-order valence-electron chi connectivity index (χ2n) is 9.38. The van der Waals surface area contributed by atoms with E-state index in [0.717, 1.165) is 25.7 Å². The first kappa shape index (κ1) is 26.0. The smallest absolute Gasteiger partial charge is 0.349 e. The van der Waals surface area contributed by atoms with Crippen LogP contribution in [0.1, 0.15) is 25.7 Å². The maximum Gasteiger partial charge on any atom is 0.349 e. The van der Waals surface area contributed by atoms with E-state index in [0.29, 0.717) is 26.2 Å². The van der Waals surface area contributed by atoms with E-state index < -0.39 is 11.4 Å². The van der Waals surface area contributed by atoms with Gasteiger partial charge >= 0.3 is 11.4 Å². The van der Waals surface area contributed by atoms with Crippen molar-refractivity contribution in [3.8, 4) is 0 Å². The van der Waals surface area contributed by atoms with Crippen molar-refractivity contribution >= 4 is 56.8 Å². The molecule has 198 valence electrons. The molecule has 0 unspecified atom stereocenters. The number of aromatic nitrogens is 4.